The Bertz CT molecular complexity index is 328. The standard InChI is InChI=1S/C13H16O2/c1-11(10-13(14)15-2)8-9-12-6-4-3-5-7-12/h3-9,11H,10H2,1-2H3/b9-8+/t11-/m1/s1. The van der Waals surface area contributed by atoms with Gasteiger partial charge in [-0.05, 0) is 11.5 Å². The molecule has 0 aromatic heterocycles. The third-order valence-electron chi connectivity index (χ3n) is 2.13. The summed E-state index contributed by atoms with van der Waals surface area (Å²) in [5, 5.41) is 0. The first-order valence-electron chi connectivity index (χ1n) is 5.02. The van der Waals surface area contributed by atoms with E-state index >= 15 is 0 Å². The minimum absolute atomic E-state index is 0.166. The topological polar surface area (TPSA) is 26.3 Å². The molecular formula is C13H16O2. The van der Waals surface area contributed by atoms with Gasteiger partial charge in [0.25, 0.3) is 0 Å². The summed E-state index contributed by atoms with van der Waals surface area (Å²) < 4.78 is 4.60. The summed E-state index contributed by atoms with van der Waals surface area (Å²) in [6.45, 7) is 2.00. The summed E-state index contributed by atoms with van der Waals surface area (Å²) in [6, 6.07) is 10.0. The van der Waals surface area contributed by atoms with Crippen LogP contribution in [0.1, 0.15) is 18.9 Å². The number of methoxy groups -OCH3 is 1. The molecule has 0 spiro atoms. The minimum atomic E-state index is -0.166. The number of esters is 1. The van der Waals surface area contributed by atoms with Gasteiger partial charge in [-0.1, -0.05) is 49.4 Å². The van der Waals surface area contributed by atoms with Gasteiger partial charge in [0.15, 0.2) is 0 Å². The highest BCUT2D eigenvalue weighted by molar-refractivity contribution is 5.70. The average Bonchev–Trinajstić information content (AvgIpc) is 2.27. The molecule has 0 amide bonds. The lowest BCUT2D eigenvalue weighted by Crippen LogP contribution is -2.04. The molecule has 0 radical (unpaired) electrons. The van der Waals surface area contributed by atoms with Crippen LogP contribution in [0.15, 0.2) is 36.4 Å². The van der Waals surface area contributed by atoms with Crippen molar-refractivity contribution < 1.29 is 9.53 Å². The second kappa shape index (κ2) is 6.02. The van der Waals surface area contributed by atoms with Gasteiger partial charge in [0.1, 0.15) is 0 Å². The number of rotatable bonds is 4. The molecule has 1 rings (SSSR count). The summed E-state index contributed by atoms with van der Waals surface area (Å²) in [7, 11) is 1.41. The first kappa shape index (κ1) is 11.5. The summed E-state index contributed by atoms with van der Waals surface area (Å²) >= 11 is 0. The second-order valence-corrected chi connectivity index (χ2v) is 3.53. The van der Waals surface area contributed by atoms with Crippen molar-refractivity contribution in [2.24, 2.45) is 5.92 Å². The number of benzene rings is 1. The van der Waals surface area contributed by atoms with Crippen LogP contribution in [0.4, 0.5) is 0 Å². The van der Waals surface area contributed by atoms with E-state index in [2.05, 4.69) is 4.74 Å². The smallest absolute Gasteiger partial charge is 0.306 e. The Balaban J connectivity index is 2.47. The van der Waals surface area contributed by atoms with Crippen LogP contribution in [0.2, 0.25) is 0 Å². The molecule has 1 aromatic rings. The van der Waals surface area contributed by atoms with Crippen molar-refractivity contribution in [3.05, 3.63) is 42.0 Å². The van der Waals surface area contributed by atoms with Gasteiger partial charge in [0, 0.05) is 0 Å². The van der Waals surface area contributed by atoms with E-state index in [1.807, 2.05) is 49.4 Å². The van der Waals surface area contributed by atoms with Gasteiger partial charge in [-0.25, -0.2) is 0 Å². The van der Waals surface area contributed by atoms with E-state index in [1.54, 1.807) is 0 Å². The Kier molecular flexibility index (Phi) is 4.61. The average molecular weight is 204 g/mol. The Hall–Kier alpha value is -1.57. The van der Waals surface area contributed by atoms with Gasteiger partial charge in [-0.3, -0.25) is 4.79 Å². The van der Waals surface area contributed by atoms with E-state index in [9.17, 15) is 4.79 Å². The Morgan fingerprint density at radius 1 is 1.40 bits per heavy atom. The zero-order chi connectivity index (χ0) is 11.1. The molecule has 0 heterocycles. The third-order valence-corrected chi connectivity index (χ3v) is 2.13. The highest BCUT2D eigenvalue weighted by Crippen LogP contribution is 2.09. The van der Waals surface area contributed by atoms with Crippen molar-refractivity contribution in [1.29, 1.82) is 0 Å². The van der Waals surface area contributed by atoms with Crippen LogP contribution in [0, 0.1) is 5.92 Å². The highest BCUT2D eigenvalue weighted by Gasteiger charge is 2.04. The maximum Gasteiger partial charge on any atom is 0.306 e. The molecular weight excluding hydrogens is 188 g/mol. The predicted octanol–water partition coefficient (Wildman–Crippen LogP) is 2.90. The van der Waals surface area contributed by atoms with E-state index in [0.717, 1.165) is 5.56 Å². The summed E-state index contributed by atoms with van der Waals surface area (Å²) in [4.78, 5) is 11.0. The first-order chi connectivity index (χ1) is 7.22. The largest absolute Gasteiger partial charge is 0.469 e. The molecule has 0 saturated heterocycles. The molecule has 0 aliphatic rings. The molecule has 0 bridgehead atoms. The fourth-order valence-electron chi connectivity index (χ4n) is 1.25. The van der Waals surface area contributed by atoms with Gasteiger partial charge in [-0.2, -0.15) is 0 Å². The Labute approximate surface area is 90.6 Å². The van der Waals surface area contributed by atoms with Crippen LogP contribution in [0.3, 0.4) is 0 Å². The van der Waals surface area contributed by atoms with E-state index in [4.69, 9.17) is 0 Å². The van der Waals surface area contributed by atoms with E-state index in [0.29, 0.717) is 6.42 Å². The van der Waals surface area contributed by atoms with Crippen LogP contribution in [0.25, 0.3) is 6.08 Å². The maximum atomic E-state index is 11.0. The molecule has 0 aliphatic carbocycles. The maximum absolute atomic E-state index is 11.0. The Morgan fingerprint density at radius 3 is 2.67 bits per heavy atom. The molecule has 80 valence electrons. The van der Waals surface area contributed by atoms with Crippen LogP contribution in [0.5, 0.6) is 0 Å². The zero-order valence-electron chi connectivity index (χ0n) is 9.14. The molecule has 2 heteroatoms. The van der Waals surface area contributed by atoms with E-state index in [-0.39, 0.29) is 11.9 Å². The van der Waals surface area contributed by atoms with Gasteiger partial charge in [-0.15, -0.1) is 0 Å². The van der Waals surface area contributed by atoms with Crippen molar-refractivity contribution in [3.8, 4) is 0 Å². The SMILES string of the molecule is COC(=O)C[C@H](C)/C=C/c1ccccc1. The molecule has 1 atom stereocenters. The lowest BCUT2D eigenvalue weighted by Gasteiger charge is -2.03. The van der Waals surface area contributed by atoms with Crippen molar-refractivity contribution in [1.82, 2.24) is 0 Å². The Morgan fingerprint density at radius 2 is 2.07 bits per heavy atom. The molecule has 0 unspecified atom stereocenters. The summed E-state index contributed by atoms with van der Waals surface area (Å²) in [6.07, 6.45) is 4.47. The van der Waals surface area contributed by atoms with Crippen LogP contribution >= 0.6 is 0 Å². The number of hydrogen-bond acceptors (Lipinski definition) is 2. The van der Waals surface area contributed by atoms with Crippen LogP contribution in [-0.4, -0.2) is 13.1 Å². The second-order valence-electron chi connectivity index (χ2n) is 3.53. The van der Waals surface area contributed by atoms with Crippen LogP contribution in [-0.2, 0) is 9.53 Å². The monoisotopic (exact) mass is 204 g/mol. The number of carbonyl (C=O) groups is 1. The zero-order valence-corrected chi connectivity index (χ0v) is 9.14. The summed E-state index contributed by atoms with van der Waals surface area (Å²) in [5.74, 6) is 0.0397. The number of allylic oxidation sites excluding steroid dienone is 1. The molecule has 0 aliphatic heterocycles. The van der Waals surface area contributed by atoms with Crippen molar-refractivity contribution >= 4 is 12.0 Å². The fraction of sp³-hybridized carbons (Fsp3) is 0.308. The summed E-state index contributed by atoms with van der Waals surface area (Å²) in [5.41, 5.74) is 1.15. The molecule has 1 aromatic carbocycles. The van der Waals surface area contributed by atoms with Crippen molar-refractivity contribution in [3.63, 3.8) is 0 Å². The lowest BCUT2D eigenvalue weighted by molar-refractivity contribution is -0.141. The molecule has 15 heavy (non-hydrogen) atoms. The van der Waals surface area contributed by atoms with Gasteiger partial charge in [0.05, 0.1) is 13.5 Å². The lowest BCUT2D eigenvalue weighted by atomic mass is 10.1. The van der Waals surface area contributed by atoms with Crippen molar-refractivity contribution in [2.75, 3.05) is 7.11 Å². The van der Waals surface area contributed by atoms with E-state index in [1.165, 1.54) is 7.11 Å². The van der Waals surface area contributed by atoms with Crippen LogP contribution < -0.4 is 0 Å². The highest BCUT2D eigenvalue weighted by atomic mass is 16.5. The molecule has 0 saturated carbocycles. The fourth-order valence-corrected chi connectivity index (χ4v) is 1.25. The normalized spacial score (nSPS) is 12.7. The van der Waals surface area contributed by atoms with Gasteiger partial charge < -0.3 is 4.74 Å². The molecule has 2 nitrogen and oxygen atoms in total. The third kappa shape index (κ3) is 4.45. The van der Waals surface area contributed by atoms with E-state index < -0.39 is 0 Å². The van der Waals surface area contributed by atoms with Crippen molar-refractivity contribution in [2.45, 2.75) is 13.3 Å². The quantitative estimate of drug-likeness (QED) is 0.705. The predicted molar refractivity (Wildman–Crippen MR) is 61.3 cm³/mol. The molecule has 0 fully saturated rings. The first-order valence-corrected chi connectivity index (χ1v) is 5.02. The van der Waals surface area contributed by atoms with Gasteiger partial charge >= 0.3 is 5.97 Å². The molecule has 0 N–H and O–H groups in total. The van der Waals surface area contributed by atoms with Gasteiger partial charge in [0.2, 0.25) is 0 Å². The minimum Gasteiger partial charge on any atom is -0.469 e. The number of ether oxygens (including phenoxy) is 1. The number of carbonyl (C=O) groups excluding carboxylic acids is 1. The number of hydrogen-bond donors (Lipinski definition) is 0.